The average molecular weight is 601 g/mol. The second-order valence-electron chi connectivity index (χ2n) is 11.6. The van der Waals surface area contributed by atoms with Crippen molar-refractivity contribution in [1.82, 2.24) is 8.87 Å². The van der Waals surface area contributed by atoms with Crippen molar-refractivity contribution in [1.29, 1.82) is 0 Å². The minimum absolute atomic E-state index is 0.126. The Morgan fingerprint density at radius 3 is 2.17 bits per heavy atom. The summed E-state index contributed by atoms with van der Waals surface area (Å²) in [6, 6.07) is 15.2. The van der Waals surface area contributed by atoms with Crippen LogP contribution in [0.4, 0.5) is 4.39 Å². The summed E-state index contributed by atoms with van der Waals surface area (Å²) >= 11 is 0. The average Bonchev–Trinajstić information content (AvgIpc) is 3.29. The maximum Gasteiger partial charge on any atom is 0.305 e. The first-order chi connectivity index (χ1) is 19.9. The van der Waals surface area contributed by atoms with Gasteiger partial charge in [0.2, 0.25) is 10.0 Å². The summed E-state index contributed by atoms with van der Waals surface area (Å²) in [6.07, 6.45) is -1.14. The van der Waals surface area contributed by atoms with Crippen molar-refractivity contribution in [3.63, 3.8) is 0 Å². The molecule has 0 spiro atoms. The molecule has 42 heavy (non-hydrogen) atoms. The molecule has 0 bridgehead atoms. The van der Waals surface area contributed by atoms with Gasteiger partial charge in [0.05, 0.1) is 24.3 Å². The van der Waals surface area contributed by atoms with Gasteiger partial charge in [-0.05, 0) is 72.9 Å². The van der Waals surface area contributed by atoms with Crippen LogP contribution in [-0.2, 0) is 21.4 Å². The van der Waals surface area contributed by atoms with Crippen LogP contribution < -0.4 is 0 Å². The zero-order valence-electron chi connectivity index (χ0n) is 24.4. The van der Waals surface area contributed by atoms with E-state index in [1.807, 2.05) is 48.7 Å². The normalized spacial score (nSPS) is 16.5. The number of piperidine rings is 1. The number of halogens is 1. The van der Waals surface area contributed by atoms with Crippen LogP contribution in [0.5, 0.6) is 0 Å². The van der Waals surface area contributed by atoms with Gasteiger partial charge in [0.25, 0.3) is 0 Å². The summed E-state index contributed by atoms with van der Waals surface area (Å²) in [6.45, 7) is 7.03. The molecule has 1 fully saturated rings. The smallest absolute Gasteiger partial charge is 0.305 e. The summed E-state index contributed by atoms with van der Waals surface area (Å²) in [4.78, 5) is 11.2. The topological polar surface area (TPSA) is 120 Å². The molecule has 0 saturated carbocycles. The molecular weight excluding hydrogens is 559 g/mol. The number of nitrogens with zero attached hydrogens (tertiary/aromatic N) is 2. The van der Waals surface area contributed by atoms with Crippen molar-refractivity contribution in [3.8, 4) is 22.4 Å². The van der Waals surface area contributed by atoms with Crippen LogP contribution in [0.15, 0.2) is 59.5 Å². The van der Waals surface area contributed by atoms with Crippen LogP contribution in [-0.4, -0.2) is 63.9 Å². The zero-order chi connectivity index (χ0) is 30.6. The predicted octanol–water partition coefficient (Wildman–Crippen LogP) is 5.48. The summed E-state index contributed by atoms with van der Waals surface area (Å²) in [5.74, 6) is -1.37. The first kappa shape index (κ1) is 31.9. The third-order valence-electron chi connectivity index (χ3n) is 7.97. The molecule has 1 aromatic heterocycles. The molecule has 0 aliphatic carbocycles. The molecule has 4 rings (SSSR count). The Morgan fingerprint density at radius 2 is 1.60 bits per heavy atom. The fraction of sp³-hybridized carbons (Fsp3) is 0.469. The molecule has 3 aromatic rings. The summed E-state index contributed by atoms with van der Waals surface area (Å²) < 4.78 is 46.7. The lowest BCUT2D eigenvalue weighted by Crippen LogP contribution is -2.38. The number of carbonyl (C=O) groups is 1. The quantitative estimate of drug-likeness (QED) is 0.253. The van der Waals surface area contributed by atoms with Crippen LogP contribution in [0, 0.1) is 11.7 Å². The van der Waals surface area contributed by atoms with Crippen molar-refractivity contribution in [2.24, 2.45) is 5.92 Å². The molecule has 2 aromatic carbocycles. The Bertz CT molecular complexity index is 1460. The van der Waals surface area contributed by atoms with Crippen molar-refractivity contribution < 1.29 is 32.9 Å². The fourth-order valence-electron chi connectivity index (χ4n) is 5.81. The van der Waals surface area contributed by atoms with Gasteiger partial charge in [0.15, 0.2) is 0 Å². The highest BCUT2D eigenvalue weighted by molar-refractivity contribution is 7.89. The summed E-state index contributed by atoms with van der Waals surface area (Å²) in [7, 11) is -3.96. The van der Waals surface area contributed by atoms with Crippen LogP contribution >= 0.6 is 0 Å². The number of hydrogen-bond acceptors (Lipinski definition) is 5. The Labute approximate surface area is 247 Å². The van der Waals surface area contributed by atoms with E-state index < -0.39 is 40.4 Å². The second-order valence-corrected chi connectivity index (χ2v) is 13.5. The molecule has 228 valence electrons. The number of aliphatic carboxylic acids is 1. The number of sulfonamides is 1. The number of benzene rings is 2. The number of hydrogen-bond donors (Lipinski definition) is 3. The van der Waals surface area contributed by atoms with Gasteiger partial charge in [-0.3, -0.25) is 4.79 Å². The highest BCUT2D eigenvalue weighted by atomic mass is 32.2. The largest absolute Gasteiger partial charge is 0.481 e. The number of aliphatic hydroxyl groups is 2. The highest BCUT2D eigenvalue weighted by Crippen LogP contribution is 2.46. The molecule has 0 unspecified atom stereocenters. The number of aromatic nitrogens is 1. The van der Waals surface area contributed by atoms with E-state index in [0.29, 0.717) is 47.1 Å². The number of rotatable bonds is 12. The molecule has 2 heterocycles. The van der Waals surface area contributed by atoms with Crippen LogP contribution in [0.1, 0.15) is 64.5 Å². The van der Waals surface area contributed by atoms with E-state index in [2.05, 4.69) is 6.92 Å². The van der Waals surface area contributed by atoms with Crippen molar-refractivity contribution >= 4 is 16.0 Å². The molecule has 0 amide bonds. The van der Waals surface area contributed by atoms with E-state index >= 15 is 0 Å². The molecule has 1 aliphatic rings. The second kappa shape index (κ2) is 13.5. The lowest BCUT2D eigenvalue weighted by Gasteiger charge is -2.30. The first-order valence-electron chi connectivity index (χ1n) is 14.6. The van der Waals surface area contributed by atoms with Crippen LogP contribution in [0.3, 0.4) is 0 Å². The fourth-order valence-corrected chi connectivity index (χ4v) is 7.84. The maximum atomic E-state index is 14.6. The molecule has 1 saturated heterocycles. The molecule has 10 heteroatoms. The van der Waals surface area contributed by atoms with E-state index in [9.17, 15) is 27.8 Å². The Hall–Kier alpha value is -3.05. The molecule has 3 N–H and O–H groups in total. The van der Waals surface area contributed by atoms with Gasteiger partial charge < -0.3 is 19.9 Å². The van der Waals surface area contributed by atoms with E-state index in [1.165, 1.54) is 12.1 Å². The monoisotopic (exact) mass is 600 g/mol. The van der Waals surface area contributed by atoms with E-state index in [-0.39, 0.29) is 30.2 Å². The van der Waals surface area contributed by atoms with E-state index in [4.69, 9.17) is 5.11 Å². The number of carboxylic acids is 1. The van der Waals surface area contributed by atoms with Gasteiger partial charge in [-0.1, -0.05) is 51.1 Å². The molecule has 1 aliphatic heterocycles. The first-order valence-corrected chi connectivity index (χ1v) is 16.0. The predicted molar refractivity (Wildman–Crippen MR) is 160 cm³/mol. The van der Waals surface area contributed by atoms with Gasteiger partial charge in [-0.2, -0.15) is 4.31 Å². The summed E-state index contributed by atoms with van der Waals surface area (Å²) in [5, 5.41) is 29.8. The summed E-state index contributed by atoms with van der Waals surface area (Å²) in [5.41, 5.74) is 3.06. The third-order valence-corrected chi connectivity index (χ3v) is 9.94. The van der Waals surface area contributed by atoms with Crippen LogP contribution in [0.2, 0.25) is 0 Å². The van der Waals surface area contributed by atoms with E-state index in [0.717, 1.165) is 12.8 Å². The Morgan fingerprint density at radius 1 is 0.976 bits per heavy atom. The molecule has 2 atom stereocenters. The third kappa shape index (κ3) is 7.11. The van der Waals surface area contributed by atoms with Gasteiger partial charge in [0, 0.05) is 30.9 Å². The lowest BCUT2D eigenvalue weighted by molar-refractivity contribution is -0.139. The lowest BCUT2D eigenvalue weighted by atomic mass is 10.0. The highest BCUT2D eigenvalue weighted by Gasteiger charge is 2.38. The van der Waals surface area contributed by atoms with Crippen molar-refractivity contribution in [2.45, 2.75) is 82.4 Å². The zero-order valence-corrected chi connectivity index (χ0v) is 25.2. The van der Waals surface area contributed by atoms with Crippen LogP contribution in [0.25, 0.3) is 22.4 Å². The van der Waals surface area contributed by atoms with Gasteiger partial charge in [-0.25, -0.2) is 12.8 Å². The van der Waals surface area contributed by atoms with Crippen molar-refractivity contribution in [3.05, 3.63) is 66.1 Å². The van der Waals surface area contributed by atoms with Gasteiger partial charge in [0.1, 0.15) is 10.7 Å². The minimum atomic E-state index is -3.96. The molecular formula is C32H41FN2O6S. The van der Waals surface area contributed by atoms with Crippen molar-refractivity contribution in [2.75, 3.05) is 13.1 Å². The SMILES string of the molecule is CC1CCN(S(=O)(=O)c2c(-c3ccccc3)c(-c3ccc(F)cc3)n(CC[C@@H](O)C[C@@H](O)CC(=O)O)c2C(C)C)CC1. The van der Waals surface area contributed by atoms with Gasteiger partial charge in [-0.15, -0.1) is 0 Å². The Kier molecular flexibility index (Phi) is 10.2. The standard InChI is InChI=1S/C32H41FN2O6S/c1-21(2)30-32(42(40,41)34-16-13-22(3)14-17-34)29(23-7-5-4-6-8-23)31(24-9-11-25(33)12-10-24)35(30)18-15-26(36)19-27(37)20-28(38)39/h4-12,21-22,26-27,36-37H,13-20H2,1-3H3,(H,38,39)/t26-,27-/m1/s1. The number of aliphatic hydroxyl groups excluding tert-OH is 2. The molecule has 0 radical (unpaired) electrons. The maximum absolute atomic E-state index is 14.6. The van der Waals surface area contributed by atoms with Gasteiger partial charge >= 0.3 is 5.97 Å². The number of carboxylic acid groups (broad SMARTS) is 1. The molecule has 8 nitrogen and oxygen atoms in total. The minimum Gasteiger partial charge on any atom is -0.481 e. The Balaban J connectivity index is 1.94. The van der Waals surface area contributed by atoms with E-state index in [1.54, 1.807) is 16.4 Å².